The first kappa shape index (κ1) is 15.5. The normalized spacial score (nSPS) is 11.0. The third kappa shape index (κ3) is 4.32. The van der Waals surface area contributed by atoms with E-state index in [9.17, 15) is 4.79 Å². The maximum absolute atomic E-state index is 12.1. The van der Waals surface area contributed by atoms with Crippen molar-refractivity contribution in [2.45, 2.75) is 13.0 Å². The smallest absolute Gasteiger partial charge is 0.165 e. The third-order valence-electron chi connectivity index (χ3n) is 2.95. The highest BCUT2D eigenvalue weighted by atomic mass is 35.5. The van der Waals surface area contributed by atoms with Gasteiger partial charge in [-0.15, -0.1) is 11.3 Å². The second-order valence-electron chi connectivity index (χ2n) is 4.60. The molecule has 0 radical (unpaired) electrons. The quantitative estimate of drug-likeness (QED) is 0.713. The second kappa shape index (κ2) is 7.23. The number of Topliss-reactive ketones (excluding diaryl/α,β-unsaturated/α-hetero) is 1. The molecule has 2 rings (SSSR count). The first-order chi connectivity index (χ1) is 9.56. The van der Waals surface area contributed by atoms with Crippen LogP contribution in [0.25, 0.3) is 0 Å². The lowest BCUT2D eigenvalue weighted by molar-refractivity contribution is 0.0968. The van der Waals surface area contributed by atoms with Gasteiger partial charge in [0.1, 0.15) is 0 Å². The monoisotopic (exact) mass is 327 g/mol. The molecule has 0 N–H and O–H groups in total. The molecular formula is C15H15Cl2NOS. The maximum atomic E-state index is 12.1. The van der Waals surface area contributed by atoms with E-state index >= 15 is 0 Å². The van der Waals surface area contributed by atoms with Gasteiger partial charge in [0.2, 0.25) is 0 Å². The molecule has 0 saturated heterocycles. The van der Waals surface area contributed by atoms with E-state index in [1.807, 2.05) is 31.3 Å². The topological polar surface area (TPSA) is 20.3 Å². The van der Waals surface area contributed by atoms with Crippen LogP contribution >= 0.6 is 34.5 Å². The van der Waals surface area contributed by atoms with Crippen molar-refractivity contribution in [1.29, 1.82) is 0 Å². The SMILES string of the molecule is CN(CCC(=O)c1ccccc1Cl)Cc1ccc(Cl)s1. The number of carbonyl (C=O) groups is 1. The van der Waals surface area contributed by atoms with E-state index in [0.717, 1.165) is 10.9 Å². The lowest BCUT2D eigenvalue weighted by Gasteiger charge is -2.15. The van der Waals surface area contributed by atoms with Crippen LogP contribution in [0.3, 0.4) is 0 Å². The number of carbonyl (C=O) groups excluding carboxylic acids is 1. The molecule has 20 heavy (non-hydrogen) atoms. The van der Waals surface area contributed by atoms with Gasteiger partial charge < -0.3 is 4.90 Å². The molecule has 0 atom stereocenters. The van der Waals surface area contributed by atoms with E-state index in [1.165, 1.54) is 4.88 Å². The van der Waals surface area contributed by atoms with Gasteiger partial charge in [-0.1, -0.05) is 35.3 Å². The predicted molar refractivity (Wildman–Crippen MR) is 86.1 cm³/mol. The molecular weight excluding hydrogens is 313 g/mol. The Kier molecular flexibility index (Phi) is 5.61. The minimum atomic E-state index is 0.0756. The number of hydrogen-bond donors (Lipinski definition) is 0. The molecule has 106 valence electrons. The van der Waals surface area contributed by atoms with Crippen LogP contribution in [0.4, 0.5) is 0 Å². The number of nitrogens with zero attached hydrogens (tertiary/aromatic N) is 1. The fourth-order valence-electron chi connectivity index (χ4n) is 1.90. The molecule has 1 heterocycles. The Balaban J connectivity index is 1.85. The number of halogens is 2. The fourth-order valence-corrected chi connectivity index (χ4v) is 3.31. The zero-order chi connectivity index (χ0) is 14.5. The van der Waals surface area contributed by atoms with E-state index in [4.69, 9.17) is 23.2 Å². The van der Waals surface area contributed by atoms with Crippen LogP contribution in [0.5, 0.6) is 0 Å². The zero-order valence-electron chi connectivity index (χ0n) is 11.1. The van der Waals surface area contributed by atoms with E-state index in [0.29, 0.717) is 23.6 Å². The van der Waals surface area contributed by atoms with Gasteiger partial charge in [-0.05, 0) is 31.3 Å². The van der Waals surface area contributed by atoms with Crippen molar-refractivity contribution in [3.63, 3.8) is 0 Å². The minimum Gasteiger partial charge on any atom is -0.301 e. The van der Waals surface area contributed by atoms with Gasteiger partial charge in [0, 0.05) is 30.0 Å². The van der Waals surface area contributed by atoms with Crippen LogP contribution in [0.1, 0.15) is 21.7 Å². The molecule has 0 aliphatic carbocycles. The molecule has 5 heteroatoms. The highest BCUT2D eigenvalue weighted by Gasteiger charge is 2.11. The molecule has 1 aromatic heterocycles. The van der Waals surface area contributed by atoms with Crippen molar-refractivity contribution in [3.05, 3.63) is 56.2 Å². The van der Waals surface area contributed by atoms with Crippen LogP contribution in [-0.2, 0) is 6.54 Å². The van der Waals surface area contributed by atoms with Crippen molar-refractivity contribution < 1.29 is 4.79 Å². The van der Waals surface area contributed by atoms with Crippen molar-refractivity contribution >= 4 is 40.3 Å². The number of thiophene rings is 1. The average Bonchev–Trinajstić information content (AvgIpc) is 2.82. The van der Waals surface area contributed by atoms with Crippen molar-refractivity contribution in [1.82, 2.24) is 4.90 Å². The highest BCUT2D eigenvalue weighted by Crippen LogP contribution is 2.22. The van der Waals surface area contributed by atoms with E-state index < -0.39 is 0 Å². The summed E-state index contributed by atoms with van der Waals surface area (Å²) in [6.45, 7) is 1.49. The molecule has 2 aromatic rings. The molecule has 0 bridgehead atoms. The van der Waals surface area contributed by atoms with Gasteiger partial charge in [0.25, 0.3) is 0 Å². The van der Waals surface area contributed by atoms with Gasteiger partial charge in [-0.3, -0.25) is 4.79 Å². The van der Waals surface area contributed by atoms with Crippen molar-refractivity contribution in [2.24, 2.45) is 0 Å². The Bertz CT molecular complexity index is 597. The van der Waals surface area contributed by atoms with E-state index in [1.54, 1.807) is 23.5 Å². The van der Waals surface area contributed by atoms with Gasteiger partial charge in [-0.2, -0.15) is 0 Å². The summed E-state index contributed by atoms with van der Waals surface area (Å²) < 4.78 is 0.792. The Labute approximate surface area is 132 Å². The Morgan fingerprint density at radius 1 is 1.20 bits per heavy atom. The van der Waals surface area contributed by atoms with Gasteiger partial charge in [0.15, 0.2) is 5.78 Å². The number of benzene rings is 1. The molecule has 0 amide bonds. The molecule has 2 nitrogen and oxygen atoms in total. The summed E-state index contributed by atoms with van der Waals surface area (Å²) >= 11 is 13.5. The summed E-state index contributed by atoms with van der Waals surface area (Å²) in [4.78, 5) is 15.4. The van der Waals surface area contributed by atoms with Crippen LogP contribution in [0, 0.1) is 0 Å². The molecule has 0 aliphatic rings. The van der Waals surface area contributed by atoms with Crippen LogP contribution in [-0.4, -0.2) is 24.3 Å². The lowest BCUT2D eigenvalue weighted by Crippen LogP contribution is -2.21. The Morgan fingerprint density at radius 2 is 1.95 bits per heavy atom. The largest absolute Gasteiger partial charge is 0.301 e. The van der Waals surface area contributed by atoms with Crippen molar-refractivity contribution in [3.8, 4) is 0 Å². The summed E-state index contributed by atoms with van der Waals surface area (Å²) in [5.74, 6) is 0.0756. The molecule has 0 fully saturated rings. The minimum absolute atomic E-state index is 0.0756. The first-order valence-electron chi connectivity index (χ1n) is 6.27. The van der Waals surface area contributed by atoms with E-state index in [2.05, 4.69) is 4.90 Å². The summed E-state index contributed by atoms with van der Waals surface area (Å²) in [5.41, 5.74) is 0.599. The fraction of sp³-hybridized carbons (Fsp3) is 0.267. The predicted octanol–water partition coefficient (Wildman–Crippen LogP) is 4.76. The molecule has 0 saturated carbocycles. The van der Waals surface area contributed by atoms with Gasteiger partial charge >= 0.3 is 0 Å². The summed E-state index contributed by atoms with van der Waals surface area (Å²) in [6.07, 6.45) is 0.458. The number of rotatable bonds is 6. The van der Waals surface area contributed by atoms with Crippen LogP contribution in [0.2, 0.25) is 9.36 Å². The second-order valence-corrected chi connectivity index (χ2v) is 6.80. The Morgan fingerprint density at radius 3 is 2.60 bits per heavy atom. The summed E-state index contributed by atoms with van der Waals surface area (Å²) in [5, 5.41) is 0.519. The van der Waals surface area contributed by atoms with Crippen LogP contribution in [0.15, 0.2) is 36.4 Å². The summed E-state index contributed by atoms with van der Waals surface area (Å²) in [6, 6.07) is 11.1. The highest BCUT2D eigenvalue weighted by molar-refractivity contribution is 7.16. The molecule has 0 spiro atoms. The standard InChI is InChI=1S/C15H15Cl2NOS/c1-18(10-11-6-7-15(17)20-11)9-8-14(19)12-4-2-3-5-13(12)16/h2-7H,8-10H2,1H3. The first-order valence-corrected chi connectivity index (χ1v) is 7.84. The third-order valence-corrected chi connectivity index (χ3v) is 4.49. The average molecular weight is 328 g/mol. The molecule has 0 aliphatic heterocycles. The maximum Gasteiger partial charge on any atom is 0.165 e. The van der Waals surface area contributed by atoms with Gasteiger partial charge in [-0.25, -0.2) is 0 Å². The lowest BCUT2D eigenvalue weighted by atomic mass is 10.1. The Hall–Kier alpha value is -0.870. The number of hydrogen-bond acceptors (Lipinski definition) is 3. The van der Waals surface area contributed by atoms with Gasteiger partial charge in [0.05, 0.1) is 9.36 Å². The van der Waals surface area contributed by atoms with E-state index in [-0.39, 0.29) is 5.78 Å². The van der Waals surface area contributed by atoms with Crippen molar-refractivity contribution in [2.75, 3.05) is 13.6 Å². The molecule has 1 aromatic carbocycles. The zero-order valence-corrected chi connectivity index (χ0v) is 13.4. The van der Waals surface area contributed by atoms with Crippen LogP contribution < -0.4 is 0 Å². The summed E-state index contributed by atoms with van der Waals surface area (Å²) in [7, 11) is 1.99. The number of ketones is 1. The molecule has 0 unspecified atom stereocenters.